The lowest BCUT2D eigenvalue weighted by molar-refractivity contribution is 0.391. The Morgan fingerprint density at radius 1 is 1.13 bits per heavy atom. The molecule has 0 radical (unpaired) electrons. The van der Waals surface area contributed by atoms with Crippen molar-refractivity contribution in [2.75, 3.05) is 18.4 Å². The lowest BCUT2D eigenvalue weighted by Crippen LogP contribution is -2.35. The van der Waals surface area contributed by atoms with Crippen molar-refractivity contribution >= 4 is 5.82 Å². The monoisotopic (exact) mass is 308 g/mol. The molecule has 2 N–H and O–H groups in total. The Kier molecular flexibility index (Phi) is 3.81. The zero-order chi connectivity index (χ0) is 15.5. The van der Waals surface area contributed by atoms with Crippen molar-refractivity contribution in [3.8, 4) is 5.69 Å². The highest BCUT2D eigenvalue weighted by Crippen LogP contribution is 2.16. The Balaban J connectivity index is 1.37. The molecule has 6 nitrogen and oxygen atoms in total. The van der Waals surface area contributed by atoms with E-state index in [4.69, 9.17) is 0 Å². The first-order chi connectivity index (χ1) is 11.4. The van der Waals surface area contributed by atoms with Crippen molar-refractivity contribution in [3.63, 3.8) is 0 Å². The van der Waals surface area contributed by atoms with E-state index in [9.17, 15) is 0 Å². The fraction of sp³-hybridized carbons (Fsp3) is 0.294. The zero-order valence-electron chi connectivity index (χ0n) is 12.9. The summed E-state index contributed by atoms with van der Waals surface area (Å²) in [4.78, 5) is 0. The minimum absolute atomic E-state index is 0.541. The van der Waals surface area contributed by atoms with E-state index >= 15 is 0 Å². The maximum absolute atomic E-state index is 4.34. The van der Waals surface area contributed by atoms with Gasteiger partial charge >= 0.3 is 0 Å². The predicted molar refractivity (Wildman–Crippen MR) is 89.5 cm³/mol. The molecule has 1 aliphatic heterocycles. The van der Waals surface area contributed by atoms with Gasteiger partial charge in [0.15, 0.2) is 0 Å². The van der Waals surface area contributed by atoms with E-state index in [0.717, 1.165) is 37.7 Å². The van der Waals surface area contributed by atoms with Crippen molar-refractivity contribution in [2.45, 2.75) is 13.1 Å². The highest BCUT2D eigenvalue weighted by atomic mass is 15.3. The first-order valence-corrected chi connectivity index (χ1v) is 7.94. The molecule has 2 aromatic heterocycles. The smallest absolute Gasteiger partial charge is 0.124 e. The fourth-order valence-corrected chi connectivity index (χ4v) is 3.03. The summed E-state index contributed by atoms with van der Waals surface area (Å²) in [5.74, 6) is 1.66. The van der Waals surface area contributed by atoms with Crippen LogP contribution in [0, 0.1) is 5.92 Å². The molecular formula is C17H20N6. The van der Waals surface area contributed by atoms with Crippen LogP contribution in [0.3, 0.4) is 0 Å². The minimum atomic E-state index is 0.541. The van der Waals surface area contributed by atoms with Gasteiger partial charge in [0.2, 0.25) is 0 Å². The first-order valence-electron chi connectivity index (χ1n) is 7.94. The quantitative estimate of drug-likeness (QED) is 0.756. The van der Waals surface area contributed by atoms with Crippen LogP contribution in [0.4, 0.5) is 5.82 Å². The highest BCUT2D eigenvalue weighted by Gasteiger charge is 2.17. The van der Waals surface area contributed by atoms with E-state index in [2.05, 4.69) is 39.0 Å². The van der Waals surface area contributed by atoms with Crippen LogP contribution in [-0.4, -0.2) is 32.7 Å². The highest BCUT2D eigenvalue weighted by molar-refractivity contribution is 5.40. The third-order valence-corrected chi connectivity index (χ3v) is 4.21. The molecule has 3 aromatic rings. The Morgan fingerprint density at radius 3 is 3.00 bits per heavy atom. The second-order valence-electron chi connectivity index (χ2n) is 5.86. The van der Waals surface area contributed by atoms with Gasteiger partial charge in [-0.05, 0) is 17.7 Å². The summed E-state index contributed by atoms with van der Waals surface area (Å²) in [6.07, 6.45) is 5.63. The second-order valence-corrected chi connectivity index (χ2v) is 5.86. The van der Waals surface area contributed by atoms with Gasteiger partial charge in [-0.15, -0.1) is 0 Å². The van der Waals surface area contributed by atoms with E-state index in [0.29, 0.717) is 5.92 Å². The number of para-hydroxylation sites is 1. The normalized spacial score (nSPS) is 16.8. The molecule has 4 rings (SSSR count). The lowest BCUT2D eigenvalue weighted by atomic mass is 10.1. The first kappa shape index (κ1) is 14.0. The van der Waals surface area contributed by atoms with Crippen LogP contribution in [-0.2, 0) is 13.1 Å². The number of benzene rings is 1. The van der Waals surface area contributed by atoms with Gasteiger partial charge in [-0.2, -0.15) is 10.2 Å². The summed E-state index contributed by atoms with van der Waals surface area (Å²) >= 11 is 0. The SMILES string of the molecule is c1ccc(-n2cccn2)c(CNC[C@@H]2CNc3ccnn3C2)c1. The molecule has 1 atom stereocenters. The van der Waals surface area contributed by atoms with E-state index in [1.165, 1.54) is 5.56 Å². The van der Waals surface area contributed by atoms with Crippen molar-refractivity contribution < 1.29 is 0 Å². The molecule has 0 saturated heterocycles. The lowest BCUT2D eigenvalue weighted by Gasteiger charge is -2.25. The molecule has 0 spiro atoms. The summed E-state index contributed by atoms with van der Waals surface area (Å²) in [6.45, 7) is 3.74. The van der Waals surface area contributed by atoms with Crippen LogP contribution < -0.4 is 10.6 Å². The van der Waals surface area contributed by atoms with Gasteiger partial charge in [0.05, 0.1) is 11.9 Å². The molecular weight excluding hydrogens is 288 g/mol. The third kappa shape index (κ3) is 2.98. The summed E-state index contributed by atoms with van der Waals surface area (Å²) in [5.41, 5.74) is 2.38. The fourth-order valence-electron chi connectivity index (χ4n) is 3.03. The maximum Gasteiger partial charge on any atom is 0.124 e. The molecule has 0 fully saturated rings. The minimum Gasteiger partial charge on any atom is -0.370 e. The number of nitrogens with zero attached hydrogens (tertiary/aromatic N) is 4. The molecule has 23 heavy (non-hydrogen) atoms. The molecule has 1 aromatic carbocycles. The Labute approximate surface area is 135 Å². The van der Waals surface area contributed by atoms with Gasteiger partial charge < -0.3 is 10.6 Å². The van der Waals surface area contributed by atoms with Crippen LogP contribution in [0.15, 0.2) is 55.0 Å². The number of rotatable bonds is 5. The van der Waals surface area contributed by atoms with E-state index in [-0.39, 0.29) is 0 Å². The number of aromatic nitrogens is 4. The average Bonchev–Trinajstić information content (AvgIpc) is 3.26. The number of fused-ring (bicyclic) bond motifs is 1. The van der Waals surface area contributed by atoms with E-state index in [1.807, 2.05) is 40.0 Å². The van der Waals surface area contributed by atoms with Crippen LogP contribution >= 0.6 is 0 Å². The van der Waals surface area contributed by atoms with Crippen molar-refractivity contribution in [1.82, 2.24) is 24.9 Å². The van der Waals surface area contributed by atoms with Gasteiger partial charge in [-0.3, -0.25) is 0 Å². The molecule has 0 amide bonds. The van der Waals surface area contributed by atoms with Gasteiger partial charge in [0.25, 0.3) is 0 Å². The van der Waals surface area contributed by atoms with Gasteiger partial charge in [-0.25, -0.2) is 9.36 Å². The van der Waals surface area contributed by atoms with E-state index < -0.39 is 0 Å². The summed E-state index contributed by atoms with van der Waals surface area (Å²) in [5, 5.41) is 15.7. The Bertz CT molecular complexity index is 761. The summed E-state index contributed by atoms with van der Waals surface area (Å²) in [7, 11) is 0. The van der Waals surface area contributed by atoms with Crippen LogP contribution in [0.5, 0.6) is 0 Å². The van der Waals surface area contributed by atoms with Crippen LogP contribution in [0.1, 0.15) is 5.56 Å². The molecule has 0 bridgehead atoms. The number of nitrogens with one attached hydrogen (secondary N) is 2. The van der Waals surface area contributed by atoms with Gasteiger partial charge in [0.1, 0.15) is 5.82 Å². The molecule has 0 unspecified atom stereocenters. The standard InChI is InChI=1S/C17H20N6/c1-2-5-16(22-9-3-7-20-22)15(4-1)12-18-10-14-11-19-17-6-8-21-23(17)13-14/h1-9,14,18-19H,10-13H2/t14-/m1/s1. The number of hydrogen-bond donors (Lipinski definition) is 2. The Hall–Kier alpha value is -2.60. The molecule has 118 valence electrons. The maximum atomic E-state index is 4.34. The topological polar surface area (TPSA) is 59.7 Å². The van der Waals surface area contributed by atoms with Crippen LogP contribution in [0.25, 0.3) is 5.69 Å². The summed E-state index contributed by atoms with van der Waals surface area (Å²) in [6, 6.07) is 12.3. The zero-order valence-corrected chi connectivity index (χ0v) is 12.9. The molecule has 1 aliphatic rings. The van der Waals surface area contributed by atoms with Crippen molar-refractivity contribution in [1.29, 1.82) is 0 Å². The van der Waals surface area contributed by atoms with Crippen molar-refractivity contribution in [2.24, 2.45) is 5.92 Å². The van der Waals surface area contributed by atoms with Gasteiger partial charge in [-0.1, -0.05) is 18.2 Å². The summed E-state index contributed by atoms with van der Waals surface area (Å²) < 4.78 is 3.95. The second kappa shape index (κ2) is 6.26. The van der Waals surface area contributed by atoms with Gasteiger partial charge in [0, 0.05) is 50.6 Å². The number of anilines is 1. The third-order valence-electron chi connectivity index (χ3n) is 4.21. The molecule has 3 heterocycles. The van der Waals surface area contributed by atoms with Crippen molar-refractivity contribution in [3.05, 3.63) is 60.6 Å². The van der Waals surface area contributed by atoms with Crippen LogP contribution in [0.2, 0.25) is 0 Å². The predicted octanol–water partition coefficient (Wildman–Crippen LogP) is 1.90. The average molecular weight is 308 g/mol. The largest absolute Gasteiger partial charge is 0.370 e. The Morgan fingerprint density at radius 2 is 2.09 bits per heavy atom. The molecule has 0 aliphatic carbocycles. The van der Waals surface area contributed by atoms with E-state index in [1.54, 1.807) is 6.20 Å². The molecule has 6 heteroatoms. The molecule has 0 saturated carbocycles. The number of hydrogen-bond acceptors (Lipinski definition) is 4.